The van der Waals surface area contributed by atoms with Gasteiger partial charge in [-0.1, -0.05) is 5.16 Å². The topological polar surface area (TPSA) is 110 Å². The summed E-state index contributed by atoms with van der Waals surface area (Å²) in [5, 5.41) is 17.3. The quantitative estimate of drug-likeness (QED) is 0.589. The van der Waals surface area contributed by atoms with Gasteiger partial charge in [-0.2, -0.15) is 11.8 Å². The highest BCUT2D eigenvalue weighted by atomic mass is 32.2. The zero-order valence-corrected chi connectivity index (χ0v) is 15.9. The molecule has 0 bridgehead atoms. The number of aliphatic carboxylic acids is 1. The maximum Gasteiger partial charge on any atom is 0.413 e. The van der Waals surface area contributed by atoms with Crippen molar-refractivity contribution in [1.29, 1.82) is 0 Å². The van der Waals surface area contributed by atoms with E-state index in [9.17, 15) is 14.7 Å². The molecule has 8 nitrogen and oxygen atoms in total. The van der Waals surface area contributed by atoms with Gasteiger partial charge in [-0.05, 0) is 45.1 Å². The van der Waals surface area contributed by atoms with Crippen molar-refractivity contribution in [3.05, 3.63) is 11.1 Å². The van der Waals surface area contributed by atoms with Gasteiger partial charge >= 0.3 is 12.1 Å². The Kier molecular flexibility index (Phi) is 6.65. The molecule has 138 valence electrons. The third kappa shape index (κ3) is 6.54. The van der Waals surface area contributed by atoms with E-state index in [-0.39, 0.29) is 22.6 Å². The molecule has 1 saturated heterocycles. The van der Waals surface area contributed by atoms with Crippen LogP contribution in [0.1, 0.15) is 39.3 Å². The molecule has 0 unspecified atom stereocenters. The van der Waals surface area contributed by atoms with Crippen LogP contribution in [0.5, 0.6) is 0 Å². The van der Waals surface area contributed by atoms with Crippen LogP contribution in [0.25, 0.3) is 0 Å². The average molecular weight is 387 g/mol. The number of carbonyl (C=O) groups excluding carboxylic acids is 1. The Hall–Kier alpha value is -1.81. The van der Waals surface area contributed by atoms with Crippen molar-refractivity contribution in [3.63, 3.8) is 0 Å². The van der Waals surface area contributed by atoms with E-state index in [2.05, 4.69) is 15.5 Å². The van der Waals surface area contributed by atoms with Crippen LogP contribution in [0.15, 0.2) is 10.5 Å². The Morgan fingerprint density at radius 1 is 1.36 bits per heavy atom. The van der Waals surface area contributed by atoms with Gasteiger partial charge in [0.05, 0.1) is 0 Å². The van der Waals surface area contributed by atoms with Gasteiger partial charge < -0.3 is 14.7 Å². The molecule has 0 atom stereocenters. The van der Waals surface area contributed by atoms with E-state index in [1.54, 1.807) is 20.8 Å². The second-order valence-electron chi connectivity index (χ2n) is 6.33. The number of carboxylic acid groups (broad SMARTS) is 1. The average Bonchev–Trinajstić information content (AvgIpc) is 2.94. The third-order valence-corrected chi connectivity index (χ3v) is 4.83. The predicted octanol–water partition coefficient (Wildman–Crippen LogP) is 3.19. The number of ether oxygens (including phenoxy) is 1. The Morgan fingerprint density at radius 3 is 2.64 bits per heavy atom. The van der Waals surface area contributed by atoms with E-state index in [0.717, 1.165) is 35.7 Å². The number of thiazole rings is 1. The van der Waals surface area contributed by atoms with E-state index in [1.807, 2.05) is 11.8 Å². The number of carboxylic acids is 1. The highest BCUT2D eigenvalue weighted by Gasteiger charge is 2.22. The second kappa shape index (κ2) is 8.52. The molecule has 0 saturated carbocycles. The molecule has 2 rings (SSSR count). The first-order valence-corrected chi connectivity index (χ1v) is 9.79. The van der Waals surface area contributed by atoms with Crippen LogP contribution < -0.4 is 5.32 Å². The summed E-state index contributed by atoms with van der Waals surface area (Å²) in [7, 11) is 0. The van der Waals surface area contributed by atoms with E-state index >= 15 is 0 Å². The molecule has 25 heavy (non-hydrogen) atoms. The smallest absolute Gasteiger partial charge is 0.413 e. The molecule has 0 radical (unpaired) electrons. The molecule has 0 aliphatic carbocycles. The number of carbonyl (C=O) groups is 2. The van der Waals surface area contributed by atoms with Crippen LogP contribution >= 0.6 is 23.1 Å². The number of rotatable bonds is 5. The van der Waals surface area contributed by atoms with Crippen molar-refractivity contribution in [2.75, 3.05) is 16.8 Å². The summed E-state index contributed by atoms with van der Waals surface area (Å²) >= 11 is 2.93. The van der Waals surface area contributed by atoms with Gasteiger partial charge in [0.15, 0.2) is 5.13 Å². The van der Waals surface area contributed by atoms with Crippen molar-refractivity contribution >= 4 is 46.0 Å². The predicted molar refractivity (Wildman–Crippen MR) is 97.6 cm³/mol. The summed E-state index contributed by atoms with van der Waals surface area (Å²) in [4.78, 5) is 32.6. The van der Waals surface area contributed by atoms with Crippen molar-refractivity contribution in [1.82, 2.24) is 4.98 Å². The summed E-state index contributed by atoms with van der Waals surface area (Å²) in [5.41, 5.74) is -0.787. The number of aromatic nitrogens is 1. The molecule has 1 fully saturated rings. The Bertz CT molecular complexity index is 648. The van der Waals surface area contributed by atoms with Crippen LogP contribution in [0.2, 0.25) is 0 Å². The van der Waals surface area contributed by atoms with E-state index in [1.165, 1.54) is 5.38 Å². The number of amides is 1. The lowest BCUT2D eigenvalue weighted by Crippen LogP contribution is -2.27. The summed E-state index contributed by atoms with van der Waals surface area (Å²) in [5.74, 6) is 0.714. The molecule has 1 aliphatic heterocycles. The van der Waals surface area contributed by atoms with E-state index < -0.39 is 17.7 Å². The molecule has 2 N–H and O–H groups in total. The lowest BCUT2D eigenvalue weighted by atomic mass is 10.2. The Labute approximate surface area is 154 Å². The second-order valence-corrected chi connectivity index (χ2v) is 8.41. The van der Waals surface area contributed by atoms with Crippen LogP contribution in [0.4, 0.5) is 9.93 Å². The van der Waals surface area contributed by atoms with E-state index in [0.29, 0.717) is 0 Å². The molecular formula is C15H21N3O5S2. The maximum absolute atomic E-state index is 11.7. The minimum atomic E-state index is -1.24. The Balaban J connectivity index is 2.03. The van der Waals surface area contributed by atoms with Gasteiger partial charge in [0.25, 0.3) is 0 Å². The number of thioether (sulfide) groups is 1. The number of hydrogen-bond acceptors (Lipinski definition) is 8. The van der Waals surface area contributed by atoms with Gasteiger partial charge in [-0.15, -0.1) is 11.3 Å². The largest absolute Gasteiger partial charge is 0.476 e. The first kappa shape index (κ1) is 19.5. The fourth-order valence-electron chi connectivity index (χ4n) is 1.93. The number of hydrogen-bond donors (Lipinski definition) is 2. The first-order valence-electron chi connectivity index (χ1n) is 7.75. The first-order chi connectivity index (χ1) is 11.7. The summed E-state index contributed by atoms with van der Waals surface area (Å²) in [6, 6.07) is 0. The fourth-order valence-corrected chi connectivity index (χ4v) is 3.68. The maximum atomic E-state index is 11.7. The van der Waals surface area contributed by atoms with Crippen molar-refractivity contribution < 1.29 is 24.3 Å². The number of anilines is 1. The minimum absolute atomic E-state index is 0.0754. The van der Waals surface area contributed by atoms with Crippen molar-refractivity contribution in [2.24, 2.45) is 5.16 Å². The van der Waals surface area contributed by atoms with Crippen LogP contribution in [0, 0.1) is 0 Å². The van der Waals surface area contributed by atoms with Gasteiger partial charge in [0.1, 0.15) is 17.4 Å². The number of nitrogens with one attached hydrogen (secondary N) is 1. The zero-order chi connectivity index (χ0) is 18.4. The molecule has 0 spiro atoms. The van der Waals surface area contributed by atoms with Gasteiger partial charge in [0.2, 0.25) is 5.71 Å². The lowest BCUT2D eigenvalue weighted by molar-refractivity contribution is -0.129. The van der Waals surface area contributed by atoms with Gasteiger partial charge in [-0.25, -0.2) is 14.6 Å². The monoisotopic (exact) mass is 387 g/mol. The van der Waals surface area contributed by atoms with E-state index in [4.69, 9.17) is 9.57 Å². The number of oxime groups is 1. The summed E-state index contributed by atoms with van der Waals surface area (Å²) in [6.45, 7) is 5.24. The highest BCUT2D eigenvalue weighted by molar-refractivity contribution is 7.99. The highest BCUT2D eigenvalue weighted by Crippen LogP contribution is 2.21. The van der Waals surface area contributed by atoms with Crippen molar-refractivity contribution in [2.45, 2.75) is 45.3 Å². The van der Waals surface area contributed by atoms with Crippen LogP contribution in [-0.2, 0) is 14.4 Å². The lowest BCUT2D eigenvalue weighted by Gasteiger charge is -2.19. The normalized spacial score (nSPS) is 16.4. The van der Waals surface area contributed by atoms with Crippen LogP contribution in [-0.4, -0.2) is 51.1 Å². The molecule has 0 aromatic carbocycles. The third-order valence-electron chi connectivity index (χ3n) is 3.02. The zero-order valence-electron chi connectivity index (χ0n) is 14.3. The summed E-state index contributed by atoms with van der Waals surface area (Å²) in [6.07, 6.45) is 0.944. The molecule has 1 aromatic heterocycles. The van der Waals surface area contributed by atoms with Gasteiger partial charge in [-0.3, -0.25) is 5.32 Å². The molecule has 1 aromatic rings. The standard InChI is InChI=1S/C15H21N3O5S2/c1-15(2,3)22-14(21)17-13-16-10(8-25-13)11(12(19)20)18-23-9-4-6-24-7-5-9/h8-9H,4-7H2,1-3H3,(H,19,20)(H,16,17,21)/b18-11-. The Morgan fingerprint density at radius 2 is 2.04 bits per heavy atom. The molecule has 2 heterocycles. The molecule has 1 aliphatic rings. The van der Waals surface area contributed by atoms with Crippen molar-refractivity contribution in [3.8, 4) is 0 Å². The summed E-state index contributed by atoms with van der Waals surface area (Å²) < 4.78 is 5.13. The molecule has 1 amide bonds. The molecule has 10 heteroatoms. The fraction of sp³-hybridized carbons (Fsp3) is 0.600. The number of nitrogens with zero attached hydrogens (tertiary/aromatic N) is 2. The molecular weight excluding hydrogens is 366 g/mol. The van der Waals surface area contributed by atoms with Gasteiger partial charge in [0, 0.05) is 5.38 Å². The van der Waals surface area contributed by atoms with Crippen LogP contribution in [0.3, 0.4) is 0 Å². The SMILES string of the molecule is CC(C)(C)OC(=O)Nc1nc(/C(=N/OC2CCSCC2)C(=O)O)cs1. The minimum Gasteiger partial charge on any atom is -0.476 e.